The van der Waals surface area contributed by atoms with Crippen molar-refractivity contribution in [3.63, 3.8) is 0 Å². The van der Waals surface area contributed by atoms with Gasteiger partial charge in [-0.3, -0.25) is 4.79 Å². The number of likely N-dealkylation sites (N-methyl/N-ethyl adjacent to an activating group) is 1. The van der Waals surface area contributed by atoms with Gasteiger partial charge in [-0.25, -0.2) is 4.79 Å². The molecule has 1 fully saturated rings. The second-order valence-corrected chi connectivity index (χ2v) is 3.71. The van der Waals surface area contributed by atoms with E-state index < -0.39 is 12.1 Å². The van der Waals surface area contributed by atoms with E-state index in [2.05, 4.69) is 16.6 Å². The smallest absolute Gasteiger partial charge is 0.328 e. The maximum atomic E-state index is 12.0. The van der Waals surface area contributed by atoms with Crippen LogP contribution in [0.2, 0.25) is 0 Å². The fourth-order valence-corrected chi connectivity index (χ4v) is 1.93. The Hall–Kier alpha value is -1.36. The van der Waals surface area contributed by atoms with Gasteiger partial charge < -0.3 is 15.0 Å². The van der Waals surface area contributed by atoms with Gasteiger partial charge >= 0.3 is 5.97 Å². The highest BCUT2D eigenvalue weighted by molar-refractivity contribution is 5.89. The SMILES string of the molecule is C=CC(NC)C(=O)N1CCCC1C(=O)OC. The molecule has 1 aliphatic rings. The van der Waals surface area contributed by atoms with E-state index in [9.17, 15) is 9.59 Å². The standard InChI is InChI=1S/C11H18N2O3/c1-4-8(12-2)10(14)13-7-5-6-9(13)11(15)16-3/h4,8-9,12H,1,5-7H2,2-3H3. The van der Waals surface area contributed by atoms with Crippen LogP contribution in [0.4, 0.5) is 0 Å². The lowest BCUT2D eigenvalue weighted by Crippen LogP contribution is -2.48. The van der Waals surface area contributed by atoms with Crippen molar-refractivity contribution in [1.29, 1.82) is 0 Å². The first-order valence-corrected chi connectivity index (χ1v) is 5.33. The summed E-state index contributed by atoms with van der Waals surface area (Å²) < 4.78 is 4.68. The van der Waals surface area contributed by atoms with Gasteiger partial charge in [-0.1, -0.05) is 6.08 Å². The molecular formula is C11H18N2O3. The van der Waals surface area contributed by atoms with Crippen molar-refractivity contribution >= 4 is 11.9 Å². The van der Waals surface area contributed by atoms with Crippen LogP contribution in [0.1, 0.15) is 12.8 Å². The number of esters is 1. The molecule has 1 amide bonds. The fraction of sp³-hybridized carbons (Fsp3) is 0.636. The molecule has 0 spiro atoms. The lowest BCUT2D eigenvalue weighted by atomic mass is 10.2. The van der Waals surface area contributed by atoms with Crippen LogP contribution >= 0.6 is 0 Å². The van der Waals surface area contributed by atoms with Crippen LogP contribution in [0, 0.1) is 0 Å². The van der Waals surface area contributed by atoms with Gasteiger partial charge in [0.25, 0.3) is 0 Å². The van der Waals surface area contributed by atoms with Gasteiger partial charge in [-0.05, 0) is 19.9 Å². The zero-order valence-electron chi connectivity index (χ0n) is 9.73. The second-order valence-electron chi connectivity index (χ2n) is 3.71. The topological polar surface area (TPSA) is 58.6 Å². The first-order chi connectivity index (χ1) is 7.65. The van der Waals surface area contributed by atoms with E-state index in [1.165, 1.54) is 13.2 Å². The Morgan fingerprint density at radius 2 is 2.31 bits per heavy atom. The fourth-order valence-electron chi connectivity index (χ4n) is 1.93. The van der Waals surface area contributed by atoms with Crippen molar-refractivity contribution in [2.45, 2.75) is 24.9 Å². The summed E-state index contributed by atoms with van der Waals surface area (Å²) in [6.07, 6.45) is 3.04. The Kier molecular flexibility index (Phi) is 4.49. The van der Waals surface area contributed by atoms with Crippen LogP contribution in [0.25, 0.3) is 0 Å². The molecule has 0 radical (unpaired) electrons. The summed E-state index contributed by atoms with van der Waals surface area (Å²) in [6.45, 7) is 4.19. The predicted molar refractivity (Wildman–Crippen MR) is 59.8 cm³/mol. The number of carbonyl (C=O) groups is 2. The van der Waals surface area contributed by atoms with Gasteiger partial charge in [0.2, 0.25) is 5.91 Å². The number of likely N-dealkylation sites (tertiary alicyclic amines) is 1. The molecule has 0 aromatic carbocycles. The summed E-state index contributed by atoms with van der Waals surface area (Å²) in [7, 11) is 3.03. The molecule has 0 saturated carbocycles. The molecule has 2 atom stereocenters. The van der Waals surface area contributed by atoms with Crippen molar-refractivity contribution < 1.29 is 14.3 Å². The number of hydrogen-bond acceptors (Lipinski definition) is 4. The van der Waals surface area contributed by atoms with E-state index >= 15 is 0 Å². The average Bonchev–Trinajstić information content (AvgIpc) is 2.78. The molecule has 0 aromatic rings. The predicted octanol–water partition coefficient (Wildman–Crippen LogP) is -0.0756. The Morgan fingerprint density at radius 3 is 2.81 bits per heavy atom. The average molecular weight is 226 g/mol. The molecule has 5 heteroatoms. The van der Waals surface area contributed by atoms with Crippen LogP contribution in [-0.4, -0.2) is 49.6 Å². The summed E-state index contributed by atoms with van der Waals surface area (Å²) in [5.74, 6) is -0.463. The highest BCUT2D eigenvalue weighted by Crippen LogP contribution is 2.19. The third-order valence-electron chi connectivity index (χ3n) is 2.82. The Morgan fingerprint density at radius 1 is 1.62 bits per heavy atom. The minimum atomic E-state index is -0.440. The van der Waals surface area contributed by atoms with Crippen molar-refractivity contribution in [2.75, 3.05) is 20.7 Å². The molecule has 1 N–H and O–H groups in total. The van der Waals surface area contributed by atoms with Gasteiger partial charge in [-0.2, -0.15) is 0 Å². The lowest BCUT2D eigenvalue weighted by Gasteiger charge is -2.25. The first kappa shape index (κ1) is 12.7. The van der Waals surface area contributed by atoms with Crippen molar-refractivity contribution in [3.8, 4) is 0 Å². The molecule has 1 saturated heterocycles. The molecule has 0 aliphatic carbocycles. The van der Waals surface area contributed by atoms with Gasteiger partial charge in [0.1, 0.15) is 12.1 Å². The third kappa shape index (κ3) is 2.41. The number of nitrogens with one attached hydrogen (secondary N) is 1. The summed E-state index contributed by atoms with van der Waals surface area (Å²) in [4.78, 5) is 25.1. The van der Waals surface area contributed by atoms with Crippen molar-refractivity contribution in [1.82, 2.24) is 10.2 Å². The quantitative estimate of drug-likeness (QED) is 0.538. The maximum absolute atomic E-state index is 12.0. The van der Waals surface area contributed by atoms with Gasteiger partial charge in [0.05, 0.1) is 7.11 Å². The van der Waals surface area contributed by atoms with E-state index in [0.717, 1.165) is 6.42 Å². The second kappa shape index (κ2) is 5.65. The maximum Gasteiger partial charge on any atom is 0.328 e. The van der Waals surface area contributed by atoms with E-state index in [1.807, 2.05) is 0 Å². The molecule has 0 bridgehead atoms. The Bertz CT molecular complexity index is 291. The van der Waals surface area contributed by atoms with Crippen LogP contribution in [0.15, 0.2) is 12.7 Å². The van der Waals surface area contributed by atoms with Crippen LogP contribution < -0.4 is 5.32 Å². The van der Waals surface area contributed by atoms with E-state index in [0.29, 0.717) is 13.0 Å². The molecule has 1 aliphatic heterocycles. The third-order valence-corrected chi connectivity index (χ3v) is 2.82. The largest absolute Gasteiger partial charge is 0.467 e. The molecular weight excluding hydrogens is 208 g/mol. The van der Waals surface area contributed by atoms with Gasteiger partial charge in [0, 0.05) is 6.54 Å². The summed E-state index contributed by atoms with van der Waals surface area (Å²) in [6, 6.07) is -0.876. The molecule has 1 heterocycles. The molecule has 2 unspecified atom stereocenters. The Balaban J connectivity index is 2.74. The number of amides is 1. The minimum absolute atomic E-state index is 0.120. The lowest BCUT2D eigenvalue weighted by molar-refractivity contribution is -0.151. The van der Waals surface area contributed by atoms with E-state index in [4.69, 9.17) is 0 Å². The highest BCUT2D eigenvalue weighted by atomic mass is 16.5. The zero-order chi connectivity index (χ0) is 12.1. The molecule has 16 heavy (non-hydrogen) atoms. The van der Waals surface area contributed by atoms with E-state index in [1.54, 1.807) is 11.9 Å². The molecule has 1 rings (SSSR count). The highest BCUT2D eigenvalue weighted by Gasteiger charge is 2.36. The molecule has 5 nitrogen and oxygen atoms in total. The van der Waals surface area contributed by atoms with Crippen LogP contribution in [0.5, 0.6) is 0 Å². The monoisotopic (exact) mass is 226 g/mol. The number of carbonyl (C=O) groups excluding carboxylic acids is 2. The minimum Gasteiger partial charge on any atom is -0.467 e. The number of hydrogen-bond donors (Lipinski definition) is 1. The number of nitrogens with zero attached hydrogens (tertiary/aromatic N) is 1. The van der Waals surface area contributed by atoms with Crippen LogP contribution in [0.3, 0.4) is 0 Å². The summed E-state index contributed by atoms with van der Waals surface area (Å²) in [5, 5.41) is 2.84. The Labute approximate surface area is 95.4 Å². The van der Waals surface area contributed by atoms with Crippen LogP contribution in [-0.2, 0) is 14.3 Å². The first-order valence-electron chi connectivity index (χ1n) is 5.33. The van der Waals surface area contributed by atoms with Crippen molar-refractivity contribution in [2.24, 2.45) is 0 Å². The molecule has 90 valence electrons. The van der Waals surface area contributed by atoms with Crippen molar-refractivity contribution in [3.05, 3.63) is 12.7 Å². The summed E-state index contributed by atoms with van der Waals surface area (Å²) in [5.41, 5.74) is 0. The zero-order valence-corrected chi connectivity index (χ0v) is 9.73. The van der Waals surface area contributed by atoms with E-state index in [-0.39, 0.29) is 11.9 Å². The number of methoxy groups -OCH3 is 1. The van der Waals surface area contributed by atoms with Gasteiger partial charge in [0.15, 0.2) is 0 Å². The van der Waals surface area contributed by atoms with Gasteiger partial charge in [-0.15, -0.1) is 6.58 Å². The molecule has 0 aromatic heterocycles. The summed E-state index contributed by atoms with van der Waals surface area (Å²) >= 11 is 0. The number of ether oxygens (including phenoxy) is 1. The normalized spacial score (nSPS) is 21.6. The number of rotatable bonds is 4.